The highest BCUT2D eigenvalue weighted by Crippen LogP contribution is 2.42. The van der Waals surface area contributed by atoms with Crippen molar-refractivity contribution in [3.63, 3.8) is 0 Å². The number of methoxy groups -OCH3 is 2. The Morgan fingerprint density at radius 1 is 1.12 bits per heavy atom. The second-order valence-corrected chi connectivity index (χ2v) is 7.71. The molecule has 0 unspecified atom stereocenters. The summed E-state index contributed by atoms with van der Waals surface area (Å²) in [5.41, 5.74) is 0.752. The number of benzene rings is 2. The van der Waals surface area contributed by atoms with E-state index in [-0.39, 0.29) is 29.5 Å². The molecule has 4 rings (SSSR count). The molecule has 0 saturated carbocycles. The lowest BCUT2D eigenvalue weighted by atomic mass is 9.94. The van der Waals surface area contributed by atoms with Gasteiger partial charge in [0.1, 0.15) is 11.6 Å². The molecule has 1 N–H and O–H groups in total. The van der Waals surface area contributed by atoms with Gasteiger partial charge in [0.25, 0.3) is 11.7 Å². The first-order valence-electron chi connectivity index (χ1n) is 10.3. The molecule has 1 amide bonds. The van der Waals surface area contributed by atoms with E-state index in [1.54, 1.807) is 18.2 Å². The largest absolute Gasteiger partial charge is 0.507 e. The summed E-state index contributed by atoms with van der Waals surface area (Å²) < 4.78 is 29.8. The molecule has 2 heterocycles. The molecule has 2 fully saturated rings. The zero-order valence-corrected chi connectivity index (χ0v) is 17.8. The van der Waals surface area contributed by atoms with E-state index >= 15 is 0 Å². The Bertz CT molecular complexity index is 1060. The maximum absolute atomic E-state index is 13.4. The van der Waals surface area contributed by atoms with E-state index < -0.39 is 23.5 Å². The number of nitrogens with zero attached hydrogens (tertiary/aromatic N) is 1. The average molecular weight is 441 g/mol. The molecule has 0 aromatic heterocycles. The summed E-state index contributed by atoms with van der Waals surface area (Å²) in [6, 6.07) is 9.32. The standard InChI is InChI=1S/C24H24FNO6/c1-30-18-10-7-15(12-19(18)31-2)21-20(22(27)14-5-8-16(25)9-6-14)23(28)24(29)26(21)13-17-4-3-11-32-17/h5-10,12,17,21,27H,3-4,11,13H2,1-2H3/t17-,21+/m0/s1. The van der Waals surface area contributed by atoms with Crippen LogP contribution in [0.1, 0.15) is 30.0 Å². The smallest absolute Gasteiger partial charge is 0.295 e. The van der Waals surface area contributed by atoms with Crippen molar-refractivity contribution in [2.45, 2.75) is 25.0 Å². The van der Waals surface area contributed by atoms with Gasteiger partial charge in [-0.25, -0.2) is 4.39 Å². The van der Waals surface area contributed by atoms with Crippen LogP contribution in [-0.4, -0.2) is 55.2 Å². The van der Waals surface area contributed by atoms with Crippen molar-refractivity contribution in [3.8, 4) is 11.5 Å². The van der Waals surface area contributed by atoms with E-state index in [1.165, 1.54) is 43.4 Å². The maximum Gasteiger partial charge on any atom is 0.295 e. The Balaban J connectivity index is 1.85. The number of amides is 1. The highest BCUT2D eigenvalue weighted by Gasteiger charge is 2.47. The minimum atomic E-state index is -0.857. The monoisotopic (exact) mass is 441 g/mol. The molecule has 0 radical (unpaired) electrons. The van der Waals surface area contributed by atoms with Crippen LogP contribution in [0.3, 0.4) is 0 Å². The fraction of sp³-hybridized carbons (Fsp3) is 0.333. The first kappa shape index (κ1) is 21.8. The molecule has 2 aromatic rings. The van der Waals surface area contributed by atoms with E-state index in [1.807, 2.05) is 0 Å². The van der Waals surface area contributed by atoms with Gasteiger partial charge in [0.05, 0.1) is 31.9 Å². The zero-order chi connectivity index (χ0) is 22.8. The quantitative estimate of drug-likeness (QED) is 0.420. The Morgan fingerprint density at radius 3 is 2.47 bits per heavy atom. The molecular formula is C24H24FNO6. The third-order valence-electron chi connectivity index (χ3n) is 5.81. The molecule has 2 aliphatic rings. The summed E-state index contributed by atoms with van der Waals surface area (Å²) in [6.45, 7) is 0.814. The summed E-state index contributed by atoms with van der Waals surface area (Å²) in [5, 5.41) is 11.0. The molecule has 2 aromatic carbocycles. The Labute approximate surface area is 185 Å². The summed E-state index contributed by atoms with van der Waals surface area (Å²) in [6.07, 6.45) is 1.46. The van der Waals surface area contributed by atoms with Crippen molar-refractivity contribution in [3.05, 3.63) is 65.0 Å². The topological polar surface area (TPSA) is 85.3 Å². The molecule has 2 saturated heterocycles. The molecular weight excluding hydrogens is 417 g/mol. The van der Waals surface area contributed by atoms with Crippen LogP contribution < -0.4 is 9.47 Å². The van der Waals surface area contributed by atoms with Gasteiger partial charge in [-0.05, 0) is 54.8 Å². The molecule has 8 heteroatoms. The zero-order valence-electron chi connectivity index (χ0n) is 17.8. The number of Topliss-reactive ketones (excluding diaryl/α,β-unsaturated/α-hetero) is 1. The lowest BCUT2D eigenvalue weighted by Gasteiger charge is -2.28. The van der Waals surface area contributed by atoms with Gasteiger partial charge in [-0.2, -0.15) is 0 Å². The minimum Gasteiger partial charge on any atom is -0.507 e. The van der Waals surface area contributed by atoms with Crippen molar-refractivity contribution in [1.29, 1.82) is 0 Å². The van der Waals surface area contributed by atoms with Gasteiger partial charge in [-0.3, -0.25) is 9.59 Å². The van der Waals surface area contributed by atoms with Crippen LogP contribution in [0.25, 0.3) is 5.76 Å². The van der Waals surface area contributed by atoms with E-state index in [4.69, 9.17) is 14.2 Å². The molecule has 2 atom stereocenters. The summed E-state index contributed by atoms with van der Waals surface area (Å²) in [7, 11) is 3.00. The highest BCUT2D eigenvalue weighted by molar-refractivity contribution is 6.46. The lowest BCUT2D eigenvalue weighted by Crippen LogP contribution is -2.36. The predicted molar refractivity (Wildman–Crippen MR) is 114 cm³/mol. The number of carbonyl (C=O) groups is 2. The van der Waals surface area contributed by atoms with Crippen molar-refractivity contribution in [2.24, 2.45) is 0 Å². The third-order valence-corrected chi connectivity index (χ3v) is 5.81. The number of aliphatic hydroxyl groups excluding tert-OH is 1. The van der Waals surface area contributed by atoms with Crippen molar-refractivity contribution in [2.75, 3.05) is 27.4 Å². The van der Waals surface area contributed by atoms with E-state index in [9.17, 15) is 19.1 Å². The second kappa shape index (κ2) is 9.00. The highest BCUT2D eigenvalue weighted by atomic mass is 19.1. The number of rotatable bonds is 6. The number of ketones is 1. The second-order valence-electron chi connectivity index (χ2n) is 7.71. The summed E-state index contributed by atoms with van der Waals surface area (Å²) in [5.74, 6) is -1.44. The van der Waals surface area contributed by atoms with Gasteiger partial charge in [0, 0.05) is 18.7 Å². The van der Waals surface area contributed by atoms with E-state index in [0.29, 0.717) is 23.7 Å². The number of hydrogen-bond acceptors (Lipinski definition) is 6. The summed E-state index contributed by atoms with van der Waals surface area (Å²) in [4.78, 5) is 27.5. The van der Waals surface area contributed by atoms with E-state index in [0.717, 1.165) is 12.8 Å². The fourth-order valence-corrected chi connectivity index (χ4v) is 4.21. The van der Waals surface area contributed by atoms with Crippen LogP contribution in [0, 0.1) is 5.82 Å². The number of likely N-dealkylation sites (tertiary alicyclic amines) is 1. The molecule has 0 spiro atoms. The summed E-state index contributed by atoms with van der Waals surface area (Å²) >= 11 is 0. The minimum absolute atomic E-state index is 0.0631. The van der Waals surface area contributed by atoms with Gasteiger partial charge in [0.2, 0.25) is 0 Å². The molecule has 0 bridgehead atoms. The van der Waals surface area contributed by atoms with Crippen LogP contribution in [0.5, 0.6) is 11.5 Å². The average Bonchev–Trinajstić information content (AvgIpc) is 3.41. The van der Waals surface area contributed by atoms with Crippen molar-refractivity contribution in [1.82, 2.24) is 4.90 Å². The lowest BCUT2D eigenvalue weighted by molar-refractivity contribution is -0.140. The molecule has 2 aliphatic heterocycles. The molecule has 168 valence electrons. The normalized spacial score (nSPS) is 22.4. The number of halogens is 1. The SMILES string of the molecule is COc1ccc([C@@H]2C(=C(O)c3ccc(F)cc3)C(=O)C(=O)N2C[C@@H]2CCCO2)cc1OC. The Morgan fingerprint density at radius 2 is 1.84 bits per heavy atom. The molecule has 32 heavy (non-hydrogen) atoms. The Kier molecular flexibility index (Phi) is 6.14. The first-order chi connectivity index (χ1) is 15.4. The van der Waals surface area contributed by atoms with Crippen LogP contribution in [0.15, 0.2) is 48.0 Å². The van der Waals surface area contributed by atoms with Gasteiger partial charge in [0.15, 0.2) is 11.5 Å². The Hall–Kier alpha value is -3.39. The van der Waals surface area contributed by atoms with Gasteiger partial charge < -0.3 is 24.2 Å². The van der Waals surface area contributed by atoms with Crippen LogP contribution in [0.2, 0.25) is 0 Å². The molecule has 7 nitrogen and oxygen atoms in total. The maximum atomic E-state index is 13.4. The predicted octanol–water partition coefficient (Wildman–Crippen LogP) is 3.44. The van der Waals surface area contributed by atoms with Crippen molar-refractivity contribution >= 4 is 17.4 Å². The van der Waals surface area contributed by atoms with Gasteiger partial charge in [-0.15, -0.1) is 0 Å². The van der Waals surface area contributed by atoms with E-state index in [2.05, 4.69) is 0 Å². The fourth-order valence-electron chi connectivity index (χ4n) is 4.21. The van der Waals surface area contributed by atoms with Gasteiger partial charge >= 0.3 is 0 Å². The first-order valence-corrected chi connectivity index (χ1v) is 10.3. The number of carbonyl (C=O) groups excluding carboxylic acids is 2. The van der Waals surface area contributed by atoms with Crippen LogP contribution >= 0.6 is 0 Å². The molecule has 0 aliphatic carbocycles. The number of aliphatic hydroxyl groups is 1. The van der Waals surface area contributed by atoms with Gasteiger partial charge in [-0.1, -0.05) is 6.07 Å². The third kappa shape index (κ3) is 3.93. The number of ether oxygens (including phenoxy) is 3. The number of hydrogen-bond donors (Lipinski definition) is 1. The van der Waals surface area contributed by atoms with Crippen LogP contribution in [0.4, 0.5) is 4.39 Å². The van der Waals surface area contributed by atoms with Crippen molar-refractivity contribution < 1.29 is 33.3 Å². The van der Waals surface area contributed by atoms with Crippen LogP contribution in [-0.2, 0) is 14.3 Å².